The molecule has 0 unspecified atom stereocenters. The summed E-state index contributed by atoms with van der Waals surface area (Å²) < 4.78 is 1.90. The molecular weight excluding hydrogens is 278 g/mol. The number of carbonyl (C=O) groups is 1. The quantitative estimate of drug-likeness (QED) is 0.922. The van der Waals surface area contributed by atoms with E-state index in [4.69, 9.17) is 0 Å². The van der Waals surface area contributed by atoms with Crippen LogP contribution in [0.25, 0.3) is 5.65 Å². The van der Waals surface area contributed by atoms with E-state index in [0.29, 0.717) is 5.69 Å². The van der Waals surface area contributed by atoms with Gasteiger partial charge in [-0.25, -0.2) is 9.99 Å². The molecule has 3 rings (SSSR count). The van der Waals surface area contributed by atoms with Crippen molar-refractivity contribution in [2.45, 2.75) is 20.3 Å². The van der Waals surface area contributed by atoms with E-state index in [2.05, 4.69) is 22.4 Å². The number of hydrogen-bond acceptors (Lipinski definition) is 4. The molecule has 1 fully saturated rings. The van der Waals surface area contributed by atoms with E-state index in [1.54, 1.807) is 0 Å². The number of aromatic nitrogens is 2. The maximum Gasteiger partial charge on any atom is 0.284 e. The van der Waals surface area contributed by atoms with Crippen molar-refractivity contribution < 1.29 is 4.79 Å². The van der Waals surface area contributed by atoms with Gasteiger partial charge < -0.3 is 4.90 Å². The number of carbonyl (C=O) groups excluding carboxylic acids is 1. The Balaban J connectivity index is 1.88. The Bertz CT molecular complexity index is 685. The molecule has 6 heteroatoms. The smallest absolute Gasteiger partial charge is 0.284 e. The molecule has 2 aromatic heterocycles. The van der Waals surface area contributed by atoms with Crippen molar-refractivity contribution in [1.29, 1.82) is 0 Å². The van der Waals surface area contributed by atoms with E-state index >= 15 is 0 Å². The van der Waals surface area contributed by atoms with Crippen LogP contribution in [0, 0.1) is 6.92 Å². The van der Waals surface area contributed by atoms with Crippen molar-refractivity contribution in [2.75, 3.05) is 33.2 Å². The second-order valence-electron chi connectivity index (χ2n) is 5.93. The molecular formula is C16H23N5O. The van der Waals surface area contributed by atoms with Crippen LogP contribution in [0.4, 0.5) is 0 Å². The van der Waals surface area contributed by atoms with Crippen LogP contribution in [-0.2, 0) is 6.42 Å². The number of fused-ring (bicyclic) bond motifs is 1. The van der Waals surface area contributed by atoms with Gasteiger partial charge in [-0.3, -0.25) is 14.6 Å². The minimum absolute atomic E-state index is 0.0699. The number of nitrogens with zero attached hydrogens (tertiary/aromatic N) is 4. The Morgan fingerprint density at radius 1 is 1.27 bits per heavy atom. The van der Waals surface area contributed by atoms with Crippen molar-refractivity contribution in [3.8, 4) is 0 Å². The van der Waals surface area contributed by atoms with Gasteiger partial charge in [0.25, 0.3) is 5.91 Å². The van der Waals surface area contributed by atoms with Gasteiger partial charge in [-0.2, -0.15) is 0 Å². The molecule has 1 aliphatic heterocycles. The average molecular weight is 301 g/mol. The fourth-order valence-electron chi connectivity index (χ4n) is 2.80. The molecule has 1 N–H and O–H groups in total. The van der Waals surface area contributed by atoms with Crippen molar-refractivity contribution in [3.05, 3.63) is 35.3 Å². The van der Waals surface area contributed by atoms with Crippen LogP contribution in [0.5, 0.6) is 0 Å². The second kappa shape index (κ2) is 6.06. The number of amides is 1. The Kier molecular flexibility index (Phi) is 4.13. The SMILES string of the molecule is CCc1nc2ccc(C)cn2c1C(=O)NN1CCN(C)CC1. The van der Waals surface area contributed by atoms with Crippen LogP contribution in [-0.4, -0.2) is 58.4 Å². The van der Waals surface area contributed by atoms with E-state index in [1.165, 1.54) is 0 Å². The summed E-state index contributed by atoms with van der Waals surface area (Å²) in [7, 11) is 2.10. The van der Waals surface area contributed by atoms with Crippen LogP contribution < -0.4 is 5.43 Å². The highest BCUT2D eigenvalue weighted by atomic mass is 16.2. The molecule has 0 bridgehead atoms. The maximum atomic E-state index is 12.7. The molecule has 0 aromatic carbocycles. The van der Waals surface area contributed by atoms with Crippen molar-refractivity contribution in [2.24, 2.45) is 0 Å². The number of pyridine rings is 1. The highest BCUT2D eigenvalue weighted by Crippen LogP contribution is 2.15. The molecule has 0 radical (unpaired) electrons. The zero-order valence-corrected chi connectivity index (χ0v) is 13.5. The lowest BCUT2D eigenvalue weighted by Crippen LogP contribution is -2.52. The van der Waals surface area contributed by atoms with Crippen molar-refractivity contribution in [1.82, 2.24) is 24.7 Å². The fourth-order valence-corrected chi connectivity index (χ4v) is 2.80. The summed E-state index contributed by atoms with van der Waals surface area (Å²) in [6, 6.07) is 3.98. The number of nitrogens with one attached hydrogen (secondary N) is 1. The Morgan fingerprint density at radius 2 is 2.00 bits per heavy atom. The molecule has 6 nitrogen and oxygen atoms in total. The van der Waals surface area contributed by atoms with Crippen molar-refractivity contribution in [3.63, 3.8) is 0 Å². The monoisotopic (exact) mass is 301 g/mol. The molecule has 3 heterocycles. The van der Waals surface area contributed by atoms with Crippen LogP contribution in [0.3, 0.4) is 0 Å². The molecule has 0 atom stereocenters. The zero-order chi connectivity index (χ0) is 15.7. The van der Waals surface area contributed by atoms with Gasteiger partial charge in [0, 0.05) is 32.4 Å². The lowest BCUT2D eigenvalue weighted by molar-refractivity contribution is 0.0656. The van der Waals surface area contributed by atoms with Gasteiger partial charge in [0.05, 0.1) is 5.69 Å². The Labute approximate surface area is 130 Å². The summed E-state index contributed by atoms with van der Waals surface area (Å²) in [5.41, 5.74) is 6.47. The standard InChI is InChI=1S/C16H23N5O/c1-4-13-15(21-11-12(2)5-6-14(21)17-13)16(22)18-20-9-7-19(3)8-10-20/h5-6,11H,4,7-10H2,1-3H3,(H,18,22). The molecule has 22 heavy (non-hydrogen) atoms. The first-order chi connectivity index (χ1) is 10.6. The van der Waals surface area contributed by atoms with Gasteiger partial charge in [-0.05, 0) is 32.0 Å². The summed E-state index contributed by atoms with van der Waals surface area (Å²) in [4.78, 5) is 19.6. The normalized spacial score (nSPS) is 17.0. The van der Waals surface area contributed by atoms with E-state index in [-0.39, 0.29) is 5.91 Å². The third-order valence-corrected chi connectivity index (χ3v) is 4.15. The van der Waals surface area contributed by atoms with Crippen molar-refractivity contribution >= 4 is 11.6 Å². The third kappa shape index (κ3) is 2.84. The molecule has 0 spiro atoms. The average Bonchev–Trinajstić information content (AvgIpc) is 2.87. The number of imidazole rings is 1. The number of piperazine rings is 1. The molecule has 1 aliphatic rings. The van der Waals surface area contributed by atoms with Crippen LogP contribution in [0.1, 0.15) is 28.7 Å². The van der Waals surface area contributed by atoms with Gasteiger partial charge in [-0.15, -0.1) is 0 Å². The van der Waals surface area contributed by atoms with Crippen LogP contribution >= 0.6 is 0 Å². The van der Waals surface area contributed by atoms with E-state index in [9.17, 15) is 4.79 Å². The van der Waals surface area contributed by atoms with Crippen LogP contribution in [0.2, 0.25) is 0 Å². The Hall–Kier alpha value is -1.92. The minimum atomic E-state index is -0.0699. The number of hydrogen-bond donors (Lipinski definition) is 1. The summed E-state index contributed by atoms with van der Waals surface area (Å²) in [6.07, 6.45) is 2.71. The van der Waals surface area contributed by atoms with Gasteiger partial charge in [0.2, 0.25) is 0 Å². The first kappa shape index (κ1) is 15.0. The highest BCUT2D eigenvalue weighted by Gasteiger charge is 2.22. The maximum absolute atomic E-state index is 12.7. The van der Waals surface area contributed by atoms with Gasteiger partial charge >= 0.3 is 0 Å². The molecule has 0 saturated carbocycles. The zero-order valence-electron chi connectivity index (χ0n) is 13.5. The number of aryl methyl sites for hydroxylation is 2. The molecule has 2 aromatic rings. The largest absolute Gasteiger partial charge is 0.304 e. The fraction of sp³-hybridized carbons (Fsp3) is 0.500. The van der Waals surface area contributed by atoms with Gasteiger partial charge in [0.15, 0.2) is 0 Å². The summed E-state index contributed by atoms with van der Waals surface area (Å²) >= 11 is 0. The summed E-state index contributed by atoms with van der Waals surface area (Å²) in [6.45, 7) is 7.67. The molecule has 0 aliphatic carbocycles. The second-order valence-corrected chi connectivity index (χ2v) is 5.93. The summed E-state index contributed by atoms with van der Waals surface area (Å²) in [5.74, 6) is -0.0699. The minimum Gasteiger partial charge on any atom is -0.304 e. The first-order valence-electron chi connectivity index (χ1n) is 7.80. The molecule has 1 amide bonds. The third-order valence-electron chi connectivity index (χ3n) is 4.15. The highest BCUT2D eigenvalue weighted by molar-refractivity contribution is 5.94. The predicted octanol–water partition coefficient (Wildman–Crippen LogP) is 1.10. The first-order valence-corrected chi connectivity index (χ1v) is 7.80. The molecule has 1 saturated heterocycles. The molecule has 118 valence electrons. The van der Waals surface area contributed by atoms with Gasteiger partial charge in [-0.1, -0.05) is 13.0 Å². The van der Waals surface area contributed by atoms with Gasteiger partial charge in [0.1, 0.15) is 11.3 Å². The lowest BCUT2D eigenvalue weighted by Gasteiger charge is -2.32. The predicted molar refractivity (Wildman–Crippen MR) is 85.8 cm³/mol. The van der Waals surface area contributed by atoms with E-state index in [1.807, 2.05) is 41.6 Å². The van der Waals surface area contributed by atoms with E-state index < -0.39 is 0 Å². The lowest BCUT2D eigenvalue weighted by atomic mass is 10.2. The van der Waals surface area contributed by atoms with Crippen LogP contribution in [0.15, 0.2) is 18.3 Å². The number of hydrazine groups is 1. The number of rotatable bonds is 3. The van der Waals surface area contributed by atoms with E-state index in [0.717, 1.165) is 49.5 Å². The Morgan fingerprint density at radius 3 is 2.68 bits per heavy atom. The topological polar surface area (TPSA) is 52.9 Å². The number of likely N-dealkylation sites (N-methyl/N-ethyl adjacent to an activating group) is 1. The summed E-state index contributed by atoms with van der Waals surface area (Å²) in [5, 5.41) is 2.00.